The van der Waals surface area contributed by atoms with Gasteiger partial charge in [-0.25, -0.2) is 0 Å². The van der Waals surface area contributed by atoms with E-state index in [1.165, 1.54) is 0 Å². The molecule has 6 atom stereocenters. The number of nitrogens with one attached hydrogen (secondary N) is 1. The van der Waals surface area contributed by atoms with Gasteiger partial charge in [0.25, 0.3) is 0 Å². The second kappa shape index (κ2) is 4.63. The summed E-state index contributed by atoms with van der Waals surface area (Å²) in [7, 11) is 0. The molecule has 2 fully saturated rings. The SMILES string of the molecule is NC1C=CC(C(=O)NC2C3CCC(C3)C2C(=O)O)C1. The van der Waals surface area contributed by atoms with Crippen molar-refractivity contribution < 1.29 is 14.7 Å². The van der Waals surface area contributed by atoms with E-state index in [0.717, 1.165) is 19.3 Å². The number of carbonyl (C=O) groups excluding carboxylic acids is 1. The number of hydrogen-bond acceptors (Lipinski definition) is 3. The van der Waals surface area contributed by atoms with E-state index in [1.54, 1.807) is 0 Å². The number of fused-ring (bicyclic) bond motifs is 2. The molecule has 19 heavy (non-hydrogen) atoms. The summed E-state index contributed by atoms with van der Waals surface area (Å²) in [6.45, 7) is 0. The molecule has 0 aromatic heterocycles. The summed E-state index contributed by atoms with van der Waals surface area (Å²) in [5.41, 5.74) is 5.75. The average molecular weight is 264 g/mol. The molecule has 4 N–H and O–H groups in total. The van der Waals surface area contributed by atoms with Crippen LogP contribution >= 0.6 is 0 Å². The number of hydrogen-bond donors (Lipinski definition) is 3. The van der Waals surface area contributed by atoms with Crippen molar-refractivity contribution in [3.8, 4) is 0 Å². The molecule has 3 aliphatic carbocycles. The third-order valence-corrected chi connectivity index (χ3v) is 4.96. The summed E-state index contributed by atoms with van der Waals surface area (Å²) in [5, 5.41) is 12.3. The Bertz CT molecular complexity index is 434. The highest BCUT2D eigenvalue weighted by molar-refractivity contribution is 5.82. The third-order valence-electron chi connectivity index (χ3n) is 4.96. The maximum absolute atomic E-state index is 12.2. The van der Waals surface area contributed by atoms with Crippen LogP contribution in [0.1, 0.15) is 25.7 Å². The fourth-order valence-corrected chi connectivity index (χ4v) is 4.05. The summed E-state index contributed by atoms with van der Waals surface area (Å²) in [4.78, 5) is 23.6. The first-order valence-electron chi connectivity index (χ1n) is 7.03. The van der Waals surface area contributed by atoms with Crippen LogP contribution in [0.2, 0.25) is 0 Å². The van der Waals surface area contributed by atoms with Crippen molar-refractivity contribution in [3.05, 3.63) is 12.2 Å². The molecule has 0 saturated heterocycles. The zero-order valence-electron chi connectivity index (χ0n) is 10.8. The minimum atomic E-state index is -0.767. The van der Waals surface area contributed by atoms with Crippen LogP contribution in [0.3, 0.4) is 0 Å². The molecule has 0 heterocycles. The number of carboxylic acids is 1. The van der Waals surface area contributed by atoms with E-state index in [2.05, 4.69) is 5.32 Å². The summed E-state index contributed by atoms with van der Waals surface area (Å²) in [5.74, 6) is -0.835. The normalized spacial score (nSPS) is 43.6. The monoisotopic (exact) mass is 264 g/mol. The summed E-state index contributed by atoms with van der Waals surface area (Å²) in [6, 6.07) is -0.236. The molecule has 5 heteroatoms. The van der Waals surface area contributed by atoms with Crippen LogP contribution < -0.4 is 11.1 Å². The van der Waals surface area contributed by atoms with Crippen molar-refractivity contribution in [2.24, 2.45) is 29.4 Å². The van der Waals surface area contributed by atoms with Gasteiger partial charge >= 0.3 is 5.97 Å². The molecule has 2 saturated carbocycles. The predicted molar refractivity (Wildman–Crippen MR) is 69.1 cm³/mol. The standard InChI is InChI=1S/C14H20N2O3/c15-10-4-3-9(6-10)13(17)16-12-8-2-1-7(5-8)11(12)14(18)19/h3-4,7-12H,1-2,5-6,15H2,(H,16,17)(H,18,19). The highest BCUT2D eigenvalue weighted by Gasteiger charge is 2.51. The van der Waals surface area contributed by atoms with Gasteiger partial charge in [0.1, 0.15) is 0 Å². The zero-order chi connectivity index (χ0) is 13.6. The van der Waals surface area contributed by atoms with Crippen LogP contribution in [0.25, 0.3) is 0 Å². The summed E-state index contributed by atoms with van der Waals surface area (Å²) in [6.07, 6.45) is 7.29. The number of rotatable bonds is 3. The molecule has 3 aliphatic rings. The van der Waals surface area contributed by atoms with Gasteiger partial charge in [0.15, 0.2) is 0 Å². The molecule has 1 amide bonds. The Labute approximate surface area is 112 Å². The maximum Gasteiger partial charge on any atom is 0.308 e. The lowest BCUT2D eigenvalue weighted by atomic mass is 9.84. The Hall–Kier alpha value is -1.36. The molecule has 2 bridgehead atoms. The number of amides is 1. The van der Waals surface area contributed by atoms with Crippen LogP contribution in [-0.2, 0) is 9.59 Å². The molecule has 0 radical (unpaired) electrons. The first-order chi connectivity index (χ1) is 9.06. The molecular weight excluding hydrogens is 244 g/mol. The molecule has 6 unspecified atom stereocenters. The minimum absolute atomic E-state index is 0.0500. The first kappa shape index (κ1) is 12.7. The van der Waals surface area contributed by atoms with E-state index < -0.39 is 11.9 Å². The van der Waals surface area contributed by atoms with Crippen LogP contribution in [0, 0.1) is 23.7 Å². The zero-order valence-corrected chi connectivity index (χ0v) is 10.8. The lowest BCUT2D eigenvalue weighted by Gasteiger charge is -2.29. The minimum Gasteiger partial charge on any atom is -0.481 e. The van der Waals surface area contributed by atoms with Crippen LogP contribution in [0.5, 0.6) is 0 Å². The fourth-order valence-electron chi connectivity index (χ4n) is 4.05. The topological polar surface area (TPSA) is 92.4 Å². The Morgan fingerprint density at radius 1 is 1.16 bits per heavy atom. The van der Waals surface area contributed by atoms with Gasteiger partial charge in [-0.05, 0) is 37.5 Å². The number of aliphatic carboxylic acids is 1. The predicted octanol–water partition coefficient (Wildman–Crippen LogP) is 0.505. The highest BCUT2D eigenvalue weighted by Crippen LogP contribution is 2.48. The molecule has 0 aliphatic heterocycles. The number of nitrogens with two attached hydrogens (primary N) is 1. The average Bonchev–Trinajstić information content (AvgIpc) is 3.03. The van der Waals surface area contributed by atoms with Gasteiger partial charge in [-0.3, -0.25) is 9.59 Å². The lowest BCUT2D eigenvalue weighted by molar-refractivity contribution is -0.144. The summed E-state index contributed by atoms with van der Waals surface area (Å²) < 4.78 is 0. The maximum atomic E-state index is 12.2. The van der Waals surface area contributed by atoms with E-state index in [9.17, 15) is 14.7 Å². The van der Waals surface area contributed by atoms with E-state index >= 15 is 0 Å². The van der Waals surface area contributed by atoms with Crippen molar-refractivity contribution in [1.82, 2.24) is 5.32 Å². The Kier molecular flexibility index (Phi) is 3.09. The van der Waals surface area contributed by atoms with Gasteiger partial charge in [-0.2, -0.15) is 0 Å². The van der Waals surface area contributed by atoms with Crippen molar-refractivity contribution >= 4 is 11.9 Å². The van der Waals surface area contributed by atoms with E-state index in [-0.39, 0.29) is 29.8 Å². The molecule has 0 spiro atoms. The van der Waals surface area contributed by atoms with Crippen LogP contribution in [0.15, 0.2) is 12.2 Å². The van der Waals surface area contributed by atoms with Gasteiger partial charge in [0.05, 0.1) is 11.8 Å². The second-order valence-corrected chi connectivity index (χ2v) is 6.12. The van der Waals surface area contributed by atoms with Gasteiger partial charge in [-0.15, -0.1) is 0 Å². The van der Waals surface area contributed by atoms with Crippen molar-refractivity contribution in [2.75, 3.05) is 0 Å². The first-order valence-corrected chi connectivity index (χ1v) is 7.03. The molecule has 104 valence electrons. The number of carbonyl (C=O) groups is 2. The molecular formula is C14H20N2O3. The van der Waals surface area contributed by atoms with Crippen LogP contribution in [0.4, 0.5) is 0 Å². The highest BCUT2D eigenvalue weighted by atomic mass is 16.4. The van der Waals surface area contributed by atoms with Crippen molar-refractivity contribution in [3.63, 3.8) is 0 Å². The molecule has 5 nitrogen and oxygen atoms in total. The van der Waals surface area contributed by atoms with E-state index in [1.807, 2.05) is 12.2 Å². The molecule has 0 aromatic carbocycles. The van der Waals surface area contributed by atoms with E-state index in [4.69, 9.17) is 5.73 Å². The summed E-state index contributed by atoms with van der Waals surface area (Å²) >= 11 is 0. The van der Waals surface area contributed by atoms with Gasteiger partial charge in [-0.1, -0.05) is 12.2 Å². The van der Waals surface area contributed by atoms with Gasteiger partial charge in [0.2, 0.25) is 5.91 Å². The lowest BCUT2D eigenvalue weighted by Crippen LogP contribution is -2.48. The molecule has 0 aromatic rings. The van der Waals surface area contributed by atoms with Gasteiger partial charge < -0.3 is 16.2 Å². The third kappa shape index (κ3) is 2.16. The Balaban J connectivity index is 1.67. The second-order valence-electron chi connectivity index (χ2n) is 6.12. The fraction of sp³-hybridized carbons (Fsp3) is 0.714. The van der Waals surface area contributed by atoms with Gasteiger partial charge in [0, 0.05) is 12.1 Å². The van der Waals surface area contributed by atoms with E-state index in [0.29, 0.717) is 12.3 Å². The van der Waals surface area contributed by atoms with Crippen molar-refractivity contribution in [1.29, 1.82) is 0 Å². The Morgan fingerprint density at radius 2 is 1.89 bits per heavy atom. The smallest absolute Gasteiger partial charge is 0.308 e. The quantitative estimate of drug-likeness (QED) is 0.647. The largest absolute Gasteiger partial charge is 0.481 e. The van der Waals surface area contributed by atoms with Crippen molar-refractivity contribution in [2.45, 2.75) is 37.8 Å². The Morgan fingerprint density at radius 3 is 2.53 bits per heavy atom. The molecule has 3 rings (SSSR count). The number of carboxylic acid groups (broad SMARTS) is 1. The van der Waals surface area contributed by atoms with Crippen LogP contribution in [-0.4, -0.2) is 29.1 Å².